The molecule has 1 saturated heterocycles. The first kappa shape index (κ1) is 16.5. The third-order valence-corrected chi connectivity index (χ3v) is 6.82. The van der Waals surface area contributed by atoms with Gasteiger partial charge in [0.15, 0.2) is 9.84 Å². The van der Waals surface area contributed by atoms with E-state index in [9.17, 15) is 13.2 Å². The van der Waals surface area contributed by atoms with Gasteiger partial charge in [0.05, 0.1) is 17.5 Å². The third-order valence-electron chi connectivity index (χ3n) is 4.98. The van der Waals surface area contributed by atoms with Crippen molar-refractivity contribution < 1.29 is 13.2 Å². The molecule has 1 N–H and O–H groups in total. The predicted octanol–water partition coefficient (Wildman–Crippen LogP) is 0.984. The van der Waals surface area contributed by atoms with Crippen molar-refractivity contribution in [2.24, 2.45) is 5.92 Å². The first-order valence-electron chi connectivity index (χ1n) is 8.23. The zero-order chi connectivity index (χ0) is 16.4. The van der Waals surface area contributed by atoms with E-state index in [1.807, 2.05) is 13.0 Å². The molecular formula is C17H24N2O3S. The van der Waals surface area contributed by atoms with Gasteiger partial charge in [-0.15, -0.1) is 0 Å². The minimum absolute atomic E-state index is 0.00585. The summed E-state index contributed by atoms with van der Waals surface area (Å²) in [5.41, 5.74) is 2.66. The van der Waals surface area contributed by atoms with Crippen LogP contribution >= 0.6 is 0 Å². The zero-order valence-corrected chi connectivity index (χ0v) is 14.3. The van der Waals surface area contributed by atoms with Gasteiger partial charge >= 0.3 is 0 Å². The van der Waals surface area contributed by atoms with E-state index < -0.39 is 9.84 Å². The van der Waals surface area contributed by atoms with Gasteiger partial charge in [-0.05, 0) is 36.8 Å². The summed E-state index contributed by atoms with van der Waals surface area (Å²) >= 11 is 0. The molecule has 2 aliphatic heterocycles. The Labute approximate surface area is 138 Å². The number of amides is 1. The summed E-state index contributed by atoms with van der Waals surface area (Å²) in [6, 6.07) is 8.17. The van der Waals surface area contributed by atoms with E-state index in [4.69, 9.17) is 0 Å². The van der Waals surface area contributed by atoms with Crippen LogP contribution in [0.25, 0.3) is 0 Å². The first-order chi connectivity index (χ1) is 10.9. The average molecular weight is 336 g/mol. The van der Waals surface area contributed by atoms with Crippen LogP contribution in [0.15, 0.2) is 24.3 Å². The van der Waals surface area contributed by atoms with E-state index in [2.05, 4.69) is 28.4 Å². The highest BCUT2D eigenvalue weighted by molar-refractivity contribution is 7.91. The molecule has 1 amide bonds. The van der Waals surface area contributed by atoms with Crippen LogP contribution in [0.4, 0.5) is 0 Å². The Balaban J connectivity index is 1.52. The molecule has 1 fully saturated rings. The van der Waals surface area contributed by atoms with Crippen LogP contribution < -0.4 is 5.32 Å². The first-order valence-corrected chi connectivity index (χ1v) is 10.1. The Hall–Kier alpha value is -1.40. The lowest BCUT2D eigenvalue weighted by molar-refractivity contribution is -0.126. The normalized spacial score (nSPS) is 24.8. The van der Waals surface area contributed by atoms with Crippen molar-refractivity contribution in [2.75, 3.05) is 24.6 Å². The smallest absolute Gasteiger partial charge is 0.237 e. The minimum atomic E-state index is -2.88. The number of benzene rings is 1. The van der Waals surface area contributed by atoms with E-state index in [1.165, 1.54) is 11.1 Å². The Morgan fingerprint density at radius 1 is 1.35 bits per heavy atom. The molecule has 2 aliphatic rings. The number of hydrogen-bond acceptors (Lipinski definition) is 4. The number of carbonyl (C=O) groups is 1. The molecule has 23 heavy (non-hydrogen) atoms. The molecule has 5 nitrogen and oxygen atoms in total. The standard InChI is InChI=1S/C17H24N2O3S/c1-13(17(20)18-10-14-7-9-23(21,22)12-14)19-8-6-15-4-2-3-5-16(15)11-19/h2-5,13-14H,6-12H2,1H3,(H,18,20)/t13-,14+/m0/s1. The lowest BCUT2D eigenvalue weighted by Gasteiger charge is -2.33. The van der Waals surface area contributed by atoms with Crippen molar-refractivity contribution in [3.63, 3.8) is 0 Å². The number of carbonyl (C=O) groups excluding carboxylic acids is 1. The van der Waals surface area contributed by atoms with Crippen molar-refractivity contribution >= 4 is 15.7 Å². The van der Waals surface area contributed by atoms with Crippen LogP contribution in [0.2, 0.25) is 0 Å². The Morgan fingerprint density at radius 2 is 2.09 bits per heavy atom. The summed E-state index contributed by atoms with van der Waals surface area (Å²) in [7, 11) is -2.88. The predicted molar refractivity (Wildman–Crippen MR) is 89.8 cm³/mol. The maximum Gasteiger partial charge on any atom is 0.237 e. The third kappa shape index (κ3) is 3.93. The van der Waals surface area contributed by atoms with Gasteiger partial charge < -0.3 is 5.32 Å². The second kappa shape index (κ2) is 6.61. The molecule has 126 valence electrons. The van der Waals surface area contributed by atoms with E-state index in [-0.39, 0.29) is 29.4 Å². The Bertz CT molecular complexity index is 687. The van der Waals surface area contributed by atoms with Gasteiger partial charge in [0.2, 0.25) is 5.91 Å². The SMILES string of the molecule is C[C@@H](C(=O)NC[C@H]1CCS(=O)(=O)C1)N1CCc2ccccc2C1. The summed E-state index contributed by atoms with van der Waals surface area (Å²) in [5, 5.41) is 2.94. The van der Waals surface area contributed by atoms with Crippen LogP contribution in [-0.4, -0.2) is 49.9 Å². The molecule has 0 aliphatic carbocycles. The highest BCUT2D eigenvalue weighted by Gasteiger charge is 2.29. The van der Waals surface area contributed by atoms with Gasteiger partial charge in [-0.2, -0.15) is 0 Å². The lowest BCUT2D eigenvalue weighted by Crippen LogP contribution is -2.48. The highest BCUT2D eigenvalue weighted by atomic mass is 32.2. The zero-order valence-electron chi connectivity index (χ0n) is 13.5. The fourth-order valence-electron chi connectivity index (χ4n) is 3.44. The maximum absolute atomic E-state index is 12.4. The quantitative estimate of drug-likeness (QED) is 0.890. The van der Waals surface area contributed by atoms with Crippen LogP contribution in [0.5, 0.6) is 0 Å². The average Bonchev–Trinajstić information content (AvgIpc) is 2.90. The molecule has 2 atom stereocenters. The van der Waals surface area contributed by atoms with E-state index >= 15 is 0 Å². The fourth-order valence-corrected chi connectivity index (χ4v) is 5.30. The Kier molecular flexibility index (Phi) is 4.73. The summed E-state index contributed by atoms with van der Waals surface area (Å²) in [5.74, 6) is 0.525. The Morgan fingerprint density at radius 3 is 2.78 bits per heavy atom. The van der Waals surface area contributed by atoms with Crippen molar-refractivity contribution in [3.05, 3.63) is 35.4 Å². The monoisotopic (exact) mass is 336 g/mol. The van der Waals surface area contributed by atoms with Gasteiger partial charge in [-0.1, -0.05) is 24.3 Å². The van der Waals surface area contributed by atoms with Crippen molar-refractivity contribution in [1.29, 1.82) is 0 Å². The van der Waals surface area contributed by atoms with Gasteiger partial charge in [-0.25, -0.2) is 8.42 Å². The molecule has 6 heteroatoms. The van der Waals surface area contributed by atoms with Crippen LogP contribution in [0.3, 0.4) is 0 Å². The number of hydrogen-bond donors (Lipinski definition) is 1. The maximum atomic E-state index is 12.4. The summed E-state index contributed by atoms with van der Waals surface area (Å²) in [6.07, 6.45) is 1.63. The van der Waals surface area contributed by atoms with Crippen LogP contribution in [0, 0.1) is 5.92 Å². The minimum Gasteiger partial charge on any atom is -0.354 e. The molecule has 3 rings (SSSR count). The molecule has 0 unspecified atom stereocenters. The second-order valence-electron chi connectivity index (χ2n) is 6.68. The van der Waals surface area contributed by atoms with Gasteiger partial charge in [0.25, 0.3) is 0 Å². The highest BCUT2D eigenvalue weighted by Crippen LogP contribution is 2.21. The van der Waals surface area contributed by atoms with Crippen molar-refractivity contribution in [1.82, 2.24) is 10.2 Å². The molecule has 1 aromatic rings. The van der Waals surface area contributed by atoms with E-state index in [0.29, 0.717) is 13.0 Å². The number of sulfone groups is 1. The molecular weight excluding hydrogens is 312 g/mol. The van der Waals surface area contributed by atoms with E-state index in [0.717, 1.165) is 19.5 Å². The largest absolute Gasteiger partial charge is 0.354 e. The van der Waals surface area contributed by atoms with Crippen molar-refractivity contribution in [2.45, 2.75) is 32.4 Å². The van der Waals surface area contributed by atoms with Gasteiger partial charge in [0, 0.05) is 19.6 Å². The van der Waals surface area contributed by atoms with Crippen molar-refractivity contribution in [3.8, 4) is 0 Å². The van der Waals surface area contributed by atoms with Crippen LogP contribution in [-0.2, 0) is 27.6 Å². The molecule has 0 aromatic heterocycles. The summed E-state index contributed by atoms with van der Waals surface area (Å²) in [6.45, 7) is 4.06. The topological polar surface area (TPSA) is 66.5 Å². The second-order valence-corrected chi connectivity index (χ2v) is 8.91. The number of nitrogens with zero attached hydrogens (tertiary/aromatic N) is 1. The van der Waals surface area contributed by atoms with E-state index in [1.54, 1.807) is 0 Å². The molecule has 0 spiro atoms. The summed E-state index contributed by atoms with van der Waals surface area (Å²) < 4.78 is 22.9. The molecule has 0 radical (unpaired) electrons. The molecule has 1 aromatic carbocycles. The number of fused-ring (bicyclic) bond motifs is 1. The lowest BCUT2D eigenvalue weighted by atomic mass is 9.98. The number of rotatable bonds is 4. The summed E-state index contributed by atoms with van der Waals surface area (Å²) in [4.78, 5) is 14.6. The number of nitrogens with one attached hydrogen (secondary N) is 1. The van der Waals surface area contributed by atoms with Crippen LogP contribution in [0.1, 0.15) is 24.5 Å². The van der Waals surface area contributed by atoms with Gasteiger partial charge in [0.1, 0.15) is 0 Å². The molecule has 0 bridgehead atoms. The van der Waals surface area contributed by atoms with Gasteiger partial charge in [-0.3, -0.25) is 9.69 Å². The molecule has 0 saturated carbocycles. The molecule has 2 heterocycles. The fraction of sp³-hybridized carbons (Fsp3) is 0.588.